The van der Waals surface area contributed by atoms with Gasteiger partial charge in [0.2, 0.25) is 0 Å². The average Bonchev–Trinajstić information content (AvgIpc) is 2.57. The van der Waals surface area contributed by atoms with Crippen LogP contribution < -0.4 is 10.2 Å². The lowest BCUT2D eigenvalue weighted by atomic mass is 10.2. The van der Waals surface area contributed by atoms with E-state index in [0.717, 1.165) is 37.3 Å². The monoisotopic (exact) mass is 331 g/mol. The zero-order valence-corrected chi connectivity index (χ0v) is 13.5. The molecule has 1 fully saturated rings. The molecule has 3 nitrogen and oxygen atoms in total. The minimum absolute atomic E-state index is 0.391. The van der Waals surface area contributed by atoms with Crippen LogP contribution in [0.1, 0.15) is 23.8 Å². The van der Waals surface area contributed by atoms with Gasteiger partial charge in [-0.1, -0.05) is 6.92 Å². The Kier molecular flexibility index (Phi) is 5.63. The van der Waals surface area contributed by atoms with Crippen molar-refractivity contribution < 1.29 is 13.2 Å². The van der Waals surface area contributed by atoms with Gasteiger partial charge < -0.3 is 10.2 Å². The Morgan fingerprint density at radius 2 is 2.23 bits per heavy atom. The van der Waals surface area contributed by atoms with E-state index in [1.54, 1.807) is 6.92 Å². The topological polar surface area (TPSA) is 28.2 Å². The van der Waals surface area contributed by atoms with Gasteiger partial charge in [-0.2, -0.15) is 13.2 Å². The van der Waals surface area contributed by atoms with Gasteiger partial charge in [0, 0.05) is 36.8 Å². The van der Waals surface area contributed by atoms with E-state index >= 15 is 0 Å². The molecule has 0 radical (unpaired) electrons. The molecule has 1 aliphatic heterocycles. The smallest absolute Gasteiger partial charge is 0.345 e. The number of nitrogens with zero attached hydrogens (tertiary/aromatic N) is 2. The summed E-state index contributed by atoms with van der Waals surface area (Å²) in [7, 11) is 0. The van der Waals surface area contributed by atoms with Gasteiger partial charge in [0.25, 0.3) is 0 Å². The Morgan fingerprint density at radius 3 is 2.91 bits per heavy atom. The Morgan fingerprint density at radius 1 is 1.45 bits per heavy atom. The van der Waals surface area contributed by atoms with E-state index in [0.29, 0.717) is 10.9 Å². The maximum absolute atomic E-state index is 12.9. The number of aryl methyl sites for hydroxylation is 1. The summed E-state index contributed by atoms with van der Waals surface area (Å²) in [4.78, 5) is 7.06. The number of halogens is 3. The Bertz CT molecular complexity index is 555. The predicted molar refractivity (Wildman–Crippen MR) is 83.8 cm³/mol. The van der Waals surface area contributed by atoms with Crippen LogP contribution in [0.2, 0.25) is 0 Å². The molecular weight excluding hydrogens is 311 g/mol. The van der Waals surface area contributed by atoms with E-state index in [9.17, 15) is 13.2 Å². The highest BCUT2D eigenvalue weighted by Crippen LogP contribution is 2.30. The first-order chi connectivity index (χ1) is 10.4. The molecule has 22 heavy (non-hydrogen) atoms. The van der Waals surface area contributed by atoms with E-state index in [1.165, 1.54) is 29.7 Å². The summed E-state index contributed by atoms with van der Waals surface area (Å²) in [5, 5.41) is 4.17. The van der Waals surface area contributed by atoms with Crippen molar-refractivity contribution in [2.45, 2.75) is 32.5 Å². The van der Waals surface area contributed by atoms with Crippen LogP contribution in [-0.4, -0.2) is 30.7 Å². The van der Waals surface area contributed by atoms with Crippen LogP contribution in [0, 0.1) is 6.92 Å². The van der Waals surface area contributed by atoms with Crippen molar-refractivity contribution in [1.29, 1.82) is 0 Å². The van der Waals surface area contributed by atoms with Crippen LogP contribution in [-0.2, 0) is 6.18 Å². The molecule has 0 saturated carbocycles. The van der Waals surface area contributed by atoms with Crippen molar-refractivity contribution in [3.05, 3.63) is 34.8 Å². The molecule has 1 aromatic heterocycles. The highest BCUT2D eigenvalue weighted by molar-refractivity contribution is 7.15. The van der Waals surface area contributed by atoms with Crippen molar-refractivity contribution in [3.63, 3.8) is 0 Å². The molecule has 122 valence electrons. The molecule has 0 bridgehead atoms. The minimum atomic E-state index is -4.35. The quantitative estimate of drug-likeness (QED) is 0.894. The third-order valence-electron chi connectivity index (χ3n) is 3.50. The van der Waals surface area contributed by atoms with Gasteiger partial charge in [-0.25, -0.2) is 4.98 Å². The summed E-state index contributed by atoms with van der Waals surface area (Å²) in [6.07, 6.45) is -1.90. The number of piperazine rings is 1. The highest BCUT2D eigenvalue weighted by atomic mass is 32.1. The molecule has 1 atom stereocenters. The van der Waals surface area contributed by atoms with Gasteiger partial charge in [0.15, 0.2) is 5.13 Å². The summed E-state index contributed by atoms with van der Waals surface area (Å²) in [6, 6.07) is 3.97. The van der Waals surface area contributed by atoms with E-state index in [2.05, 4.69) is 22.1 Å². The van der Waals surface area contributed by atoms with Gasteiger partial charge >= 0.3 is 6.18 Å². The fourth-order valence-corrected chi connectivity index (χ4v) is 3.20. The molecule has 1 N–H and O–H groups in total. The molecule has 1 saturated heterocycles. The van der Waals surface area contributed by atoms with Crippen LogP contribution in [0.25, 0.3) is 0 Å². The van der Waals surface area contributed by atoms with Gasteiger partial charge in [-0.15, -0.1) is 11.3 Å². The van der Waals surface area contributed by atoms with Crippen molar-refractivity contribution in [1.82, 2.24) is 10.3 Å². The fourth-order valence-electron chi connectivity index (χ4n) is 2.32. The van der Waals surface area contributed by atoms with Crippen LogP contribution in [0.15, 0.2) is 24.4 Å². The molecule has 0 aliphatic carbocycles. The number of hydrogen-bond acceptors (Lipinski definition) is 4. The Hall–Kier alpha value is -1.34. The first-order valence-corrected chi connectivity index (χ1v) is 8.08. The lowest BCUT2D eigenvalue weighted by Gasteiger charge is -2.33. The number of alkyl halides is 3. The molecule has 2 rings (SSSR count). The number of hydrogen-bond donors (Lipinski definition) is 1. The Balaban J connectivity index is 2.37. The van der Waals surface area contributed by atoms with E-state index in [-0.39, 0.29) is 0 Å². The molecule has 7 heteroatoms. The third kappa shape index (κ3) is 4.58. The third-order valence-corrected chi connectivity index (χ3v) is 4.49. The van der Waals surface area contributed by atoms with Crippen LogP contribution in [0.5, 0.6) is 0 Å². The Labute approximate surface area is 132 Å². The first kappa shape index (κ1) is 17.0. The summed E-state index contributed by atoms with van der Waals surface area (Å²) >= 11 is 1.29. The molecular formula is C15H20F3N3S. The molecule has 0 spiro atoms. The van der Waals surface area contributed by atoms with Crippen molar-refractivity contribution >= 4 is 16.5 Å². The van der Waals surface area contributed by atoms with E-state index in [1.807, 2.05) is 0 Å². The van der Waals surface area contributed by atoms with Crippen LogP contribution in [0.3, 0.4) is 0 Å². The second-order valence-corrected chi connectivity index (χ2v) is 6.45. The van der Waals surface area contributed by atoms with E-state index in [4.69, 9.17) is 0 Å². The van der Waals surface area contributed by atoms with Gasteiger partial charge in [-0.3, -0.25) is 0 Å². The zero-order valence-electron chi connectivity index (χ0n) is 12.7. The highest BCUT2D eigenvalue weighted by Gasteiger charge is 2.29. The van der Waals surface area contributed by atoms with Gasteiger partial charge in [-0.05, 0) is 31.5 Å². The number of anilines is 1. The van der Waals surface area contributed by atoms with Gasteiger partial charge in [0.05, 0.1) is 5.56 Å². The normalized spacial score (nSPS) is 19.0. The van der Waals surface area contributed by atoms with E-state index < -0.39 is 11.7 Å². The summed E-state index contributed by atoms with van der Waals surface area (Å²) in [5.41, 5.74) is -0.656. The average molecular weight is 331 g/mol. The molecule has 0 amide bonds. The molecule has 2 heterocycles. The fraction of sp³-hybridized carbons (Fsp3) is 0.533. The summed E-state index contributed by atoms with van der Waals surface area (Å²) in [6.45, 7) is 6.29. The van der Waals surface area contributed by atoms with Crippen molar-refractivity contribution in [3.8, 4) is 0 Å². The van der Waals surface area contributed by atoms with Crippen LogP contribution in [0.4, 0.5) is 18.3 Å². The standard InChI is InChI=1S/C15H20F3N3S/c1-3-13-10-21(8-7-19-13)14-20-6-4-5-12(15(16,17)18)9-11(2)22-14/h4-6,9,13,19H,3,7-8,10H2,1-2H3/t13-/m0/s1. The molecule has 0 unspecified atom stereocenters. The molecule has 1 aromatic rings. The van der Waals surface area contributed by atoms with Crippen molar-refractivity contribution in [2.75, 3.05) is 24.5 Å². The summed E-state index contributed by atoms with van der Waals surface area (Å²) < 4.78 is 38.7. The molecule has 0 aromatic carbocycles. The summed E-state index contributed by atoms with van der Waals surface area (Å²) in [5.74, 6) is 0. The van der Waals surface area contributed by atoms with Crippen molar-refractivity contribution in [2.24, 2.45) is 0 Å². The lowest BCUT2D eigenvalue weighted by Crippen LogP contribution is -2.50. The maximum atomic E-state index is 12.9. The number of aromatic nitrogens is 1. The SMILES string of the molecule is CC[C@H]1CN(c2ncccc(C(F)(F)F)cc(C)s2)CCN1. The van der Waals surface area contributed by atoms with Gasteiger partial charge in [0.1, 0.15) is 0 Å². The number of rotatable bonds is 2. The van der Waals surface area contributed by atoms with Crippen LogP contribution >= 0.6 is 11.3 Å². The second-order valence-electron chi connectivity index (χ2n) is 5.24. The predicted octanol–water partition coefficient (Wildman–Crippen LogP) is 3.78. The lowest BCUT2D eigenvalue weighted by molar-refractivity contribution is -0.137. The number of nitrogens with one attached hydrogen (secondary N) is 1. The maximum Gasteiger partial charge on any atom is 0.416 e. The largest absolute Gasteiger partial charge is 0.416 e. The second kappa shape index (κ2) is 7.28. The first-order valence-electron chi connectivity index (χ1n) is 7.26. The minimum Gasteiger partial charge on any atom is -0.345 e. The zero-order chi connectivity index (χ0) is 16.2. The molecule has 1 aliphatic rings.